The number of fused-ring (bicyclic) bond motifs is 3. The molecule has 2 heterocycles. The molecular formula is C15H15N5O3. The zero-order valence-electron chi connectivity index (χ0n) is 12.3. The smallest absolute Gasteiger partial charge is 0.334 e. The largest absolute Gasteiger partial charge is 0.379 e. The maximum atomic E-state index is 12.5. The van der Waals surface area contributed by atoms with Crippen LogP contribution in [0.15, 0.2) is 24.3 Å². The molecule has 1 saturated heterocycles. The summed E-state index contributed by atoms with van der Waals surface area (Å²) >= 11 is 0. The van der Waals surface area contributed by atoms with Crippen molar-refractivity contribution in [1.29, 1.82) is 0 Å². The second-order valence-corrected chi connectivity index (χ2v) is 5.36. The van der Waals surface area contributed by atoms with Gasteiger partial charge in [0, 0.05) is 24.2 Å². The van der Waals surface area contributed by atoms with Crippen molar-refractivity contribution >= 4 is 17.6 Å². The number of nitrogens with one attached hydrogen (secondary N) is 3. The molecule has 0 atom stereocenters. The molecule has 0 saturated carbocycles. The molecule has 3 N–H and O–H groups in total. The lowest BCUT2D eigenvalue weighted by Crippen LogP contribution is -2.49. The summed E-state index contributed by atoms with van der Waals surface area (Å²) in [6.45, 7) is 2.39. The number of amides is 2. The summed E-state index contributed by atoms with van der Waals surface area (Å²) in [4.78, 5) is 24.6. The van der Waals surface area contributed by atoms with Crippen LogP contribution < -0.4 is 10.7 Å². The Labute approximate surface area is 131 Å². The summed E-state index contributed by atoms with van der Waals surface area (Å²) in [6.07, 6.45) is 0. The van der Waals surface area contributed by atoms with E-state index in [4.69, 9.17) is 4.74 Å². The molecule has 0 radical (unpaired) electrons. The van der Waals surface area contributed by atoms with Gasteiger partial charge in [0.05, 0.1) is 24.5 Å². The first-order valence-electron chi connectivity index (χ1n) is 7.37. The number of ketones is 1. The Bertz CT molecular complexity index is 779. The van der Waals surface area contributed by atoms with E-state index in [-0.39, 0.29) is 11.6 Å². The lowest BCUT2D eigenvalue weighted by molar-refractivity contribution is 0.0207. The van der Waals surface area contributed by atoms with Gasteiger partial charge in [0.1, 0.15) is 0 Å². The second kappa shape index (κ2) is 5.49. The highest BCUT2D eigenvalue weighted by Crippen LogP contribution is 2.38. The minimum Gasteiger partial charge on any atom is -0.379 e. The number of hydrogen-bond donors (Lipinski definition) is 3. The summed E-state index contributed by atoms with van der Waals surface area (Å²) in [5.74, 6) is 0.109. The van der Waals surface area contributed by atoms with Gasteiger partial charge >= 0.3 is 6.03 Å². The Hall–Kier alpha value is -2.71. The number of aromatic nitrogens is 2. The van der Waals surface area contributed by atoms with Gasteiger partial charge in [-0.15, -0.1) is 0 Å². The zero-order valence-corrected chi connectivity index (χ0v) is 12.3. The first-order valence-corrected chi connectivity index (χ1v) is 7.37. The van der Waals surface area contributed by atoms with Crippen LogP contribution in [0.1, 0.15) is 15.9 Å². The van der Waals surface area contributed by atoms with Crippen LogP contribution in [0.4, 0.5) is 10.6 Å². The van der Waals surface area contributed by atoms with Gasteiger partial charge < -0.3 is 4.74 Å². The average Bonchev–Trinajstić information content (AvgIpc) is 3.09. The predicted molar refractivity (Wildman–Crippen MR) is 82.0 cm³/mol. The van der Waals surface area contributed by atoms with Crippen LogP contribution in [0.2, 0.25) is 0 Å². The van der Waals surface area contributed by atoms with E-state index < -0.39 is 6.03 Å². The van der Waals surface area contributed by atoms with Crippen molar-refractivity contribution in [2.75, 3.05) is 31.6 Å². The maximum Gasteiger partial charge on any atom is 0.334 e. The average molecular weight is 313 g/mol. The van der Waals surface area contributed by atoms with Crippen molar-refractivity contribution in [3.63, 3.8) is 0 Å². The summed E-state index contributed by atoms with van der Waals surface area (Å²) in [5, 5.41) is 11.3. The number of carbonyl (C=O) groups is 2. The SMILES string of the molecule is O=C(Nc1n[nH]c2c1C(=O)c1ccccc1-2)NN1CCOCC1. The number of carbonyl (C=O) groups excluding carboxylic acids is 2. The molecule has 23 heavy (non-hydrogen) atoms. The first-order chi connectivity index (χ1) is 11.2. The third kappa shape index (κ3) is 2.37. The van der Waals surface area contributed by atoms with Crippen molar-refractivity contribution in [2.45, 2.75) is 0 Å². The molecule has 1 aromatic heterocycles. The van der Waals surface area contributed by atoms with Crippen LogP contribution in [0.5, 0.6) is 0 Å². The molecule has 1 aliphatic carbocycles. The zero-order chi connectivity index (χ0) is 15.8. The molecule has 0 bridgehead atoms. The Morgan fingerprint density at radius 2 is 1.96 bits per heavy atom. The van der Waals surface area contributed by atoms with E-state index in [0.717, 1.165) is 5.56 Å². The quantitative estimate of drug-likeness (QED) is 0.655. The molecule has 118 valence electrons. The minimum atomic E-state index is -0.426. The first kappa shape index (κ1) is 13.9. The number of H-pyrrole nitrogens is 1. The third-order valence-electron chi connectivity index (χ3n) is 3.94. The number of benzene rings is 1. The summed E-state index contributed by atoms with van der Waals surface area (Å²) in [6, 6.07) is 6.87. The highest BCUT2D eigenvalue weighted by Gasteiger charge is 2.32. The van der Waals surface area contributed by atoms with Gasteiger partial charge in [-0.1, -0.05) is 24.3 Å². The highest BCUT2D eigenvalue weighted by atomic mass is 16.5. The van der Waals surface area contributed by atoms with Crippen molar-refractivity contribution < 1.29 is 14.3 Å². The third-order valence-corrected chi connectivity index (χ3v) is 3.94. The van der Waals surface area contributed by atoms with Crippen molar-refractivity contribution in [3.8, 4) is 11.3 Å². The van der Waals surface area contributed by atoms with Crippen LogP contribution in [0, 0.1) is 0 Å². The summed E-state index contributed by atoms with van der Waals surface area (Å²) < 4.78 is 5.22. The predicted octanol–water partition coefficient (Wildman–Crippen LogP) is 0.990. The second-order valence-electron chi connectivity index (χ2n) is 5.36. The van der Waals surface area contributed by atoms with Crippen molar-refractivity contribution in [3.05, 3.63) is 35.4 Å². The van der Waals surface area contributed by atoms with Gasteiger partial charge in [0.25, 0.3) is 0 Å². The van der Waals surface area contributed by atoms with E-state index in [1.807, 2.05) is 18.2 Å². The molecule has 2 amide bonds. The van der Waals surface area contributed by atoms with Crippen molar-refractivity contribution in [2.24, 2.45) is 0 Å². The van der Waals surface area contributed by atoms with Crippen LogP contribution in [0.3, 0.4) is 0 Å². The van der Waals surface area contributed by atoms with Gasteiger partial charge in [-0.3, -0.25) is 20.6 Å². The minimum absolute atomic E-state index is 0.133. The topological polar surface area (TPSA) is 99.3 Å². The lowest BCUT2D eigenvalue weighted by Gasteiger charge is -2.26. The monoisotopic (exact) mass is 313 g/mol. The number of anilines is 1. The Kier molecular flexibility index (Phi) is 3.32. The number of rotatable bonds is 2. The molecule has 4 rings (SSSR count). The molecule has 8 heteroatoms. The molecule has 1 aromatic carbocycles. The van der Waals surface area contributed by atoms with Gasteiger partial charge in [-0.05, 0) is 0 Å². The molecule has 1 aliphatic heterocycles. The number of hydrazine groups is 1. The Balaban J connectivity index is 1.53. The molecule has 1 fully saturated rings. The molecule has 0 unspecified atom stereocenters. The molecule has 0 spiro atoms. The Morgan fingerprint density at radius 1 is 1.22 bits per heavy atom. The van der Waals surface area contributed by atoms with E-state index in [9.17, 15) is 9.59 Å². The maximum absolute atomic E-state index is 12.5. The van der Waals surface area contributed by atoms with Crippen LogP contribution >= 0.6 is 0 Å². The molecule has 2 aliphatic rings. The number of morpholine rings is 1. The van der Waals surface area contributed by atoms with E-state index in [1.165, 1.54) is 0 Å². The molecular weight excluding hydrogens is 298 g/mol. The van der Waals surface area contributed by atoms with Gasteiger partial charge in [0.15, 0.2) is 11.6 Å². The Morgan fingerprint density at radius 3 is 2.74 bits per heavy atom. The van der Waals surface area contributed by atoms with E-state index in [1.54, 1.807) is 11.1 Å². The van der Waals surface area contributed by atoms with Crippen molar-refractivity contribution in [1.82, 2.24) is 20.6 Å². The number of nitrogens with zero attached hydrogens (tertiary/aromatic N) is 2. The fourth-order valence-electron chi connectivity index (χ4n) is 2.84. The van der Waals surface area contributed by atoms with Gasteiger partial charge in [-0.2, -0.15) is 5.10 Å². The highest BCUT2D eigenvalue weighted by molar-refractivity contribution is 6.24. The van der Waals surface area contributed by atoms with Crippen LogP contribution in [-0.4, -0.2) is 53.3 Å². The van der Waals surface area contributed by atoms with Gasteiger partial charge in [-0.25, -0.2) is 9.80 Å². The normalized spacial score (nSPS) is 16.8. The number of hydrogen-bond acceptors (Lipinski definition) is 5. The fourth-order valence-corrected chi connectivity index (χ4v) is 2.84. The number of aromatic amines is 1. The van der Waals surface area contributed by atoms with E-state index >= 15 is 0 Å². The lowest BCUT2D eigenvalue weighted by atomic mass is 10.1. The van der Waals surface area contributed by atoms with Crippen LogP contribution in [-0.2, 0) is 4.74 Å². The number of ether oxygens (including phenoxy) is 1. The molecule has 2 aromatic rings. The summed E-state index contributed by atoms with van der Waals surface area (Å²) in [5.41, 5.74) is 5.20. The fraction of sp³-hybridized carbons (Fsp3) is 0.267. The van der Waals surface area contributed by atoms with E-state index in [0.29, 0.717) is 43.1 Å². The van der Waals surface area contributed by atoms with E-state index in [2.05, 4.69) is 20.9 Å². The summed E-state index contributed by atoms with van der Waals surface area (Å²) in [7, 11) is 0. The van der Waals surface area contributed by atoms with Gasteiger partial charge in [0.2, 0.25) is 0 Å². The van der Waals surface area contributed by atoms with Crippen LogP contribution in [0.25, 0.3) is 11.3 Å². The number of urea groups is 1. The standard InChI is InChI=1S/C15H15N5O3/c21-13-10-4-2-1-3-9(10)12-11(13)14(18-17-12)16-15(22)19-20-5-7-23-8-6-20/h1-4H,5-8H2,(H3,16,17,18,19,22). The molecule has 8 nitrogen and oxygen atoms in total.